The van der Waals surface area contributed by atoms with Crippen molar-refractivity contribution < 1.29 is 0 Å². The minimum atomic E-state index is 0.0106. The normalized spacial score (nSPS) is 10.3. The molecule has 0 bridgehead atoms. The summed E-state index contributed by atoms with van der Waals surface area (Å²) in [6.07, 6.45) is 8.02. The predicted molar refractivity (Wildman–Crippen MR) is 70.6 cm³/mol. The van der Waals surface area contributed by atoms with Crippen molar-refractivity contribution in [2.45, 2.75) is 19.9 Å². The van der Waals surface area contributed by atoms with Gasteiger partial charge in [0.2, 0.25) is 0 Å². The van der Waals surface area contributed by atoms with E-state index < -0.39 is 0 Å². The molecule has 0 fully saturated rings. The Bertz CT molecular complexity index is 527. The Labute approximate surface area is 106 Å². The van der Waals surface area contributed by atoms with Gasteiger partial charge in [0.25, 0.3) is 0 Å². The van der Waals surface area contributed by atoms with Gasteiger partial charge in [-0.15, -0.1) is 0 Å². The van der Waals surface area contributed by atoms with Crippen LogP contribution in [0.4, 0.5) is 5.82 Å². The van der Waals surface area contributed by atoms with Gasteiger partial charge in [0, 0.05) is 31.1 Å². The molecule has 94 valence electrons. The number of hydrogen-bond donors (Lipinski definition) is 1. The Morgan fingerprint density at radius 1 is 1.22 bits per heavy atom. The van der Waals surface area contributed by atoms with Crippen LogP contribution in [0, 0.1) is 0 Å². The standard InChI is InChI=1S/C13H16N4O/c1-2-5-14-13-9-15-11(8-16-13)10-17-6-3-12(18)4-7-17/h3-4,6-9H,2,5,10H2,1H3,(H,14,16). The topological polar surface area (TPSA) is 59.8 Å². The molecule has 0 unspecified atom stereocenters. The van der Waals surface area contributed by atoms with Gasteiger partial charge in [-0.25, -0.2) is 4.98 Å². The second-order valence-corrected chi connectivity index (χ2v) is 4.03. The molecule has 0 radical (unpaired) electrons. The highest BCUT2D eigenvalue weighted by molar-refractivity contribution is 5.30. The van der Waals surface area contributed by atoms with E-state index in [2.05, 4.69) is 22.2 Å². The average Bonchev–Trinajstić information content (AvgIpc) is 2.41. The molecule has 5 heteroatoms. The van der Waals surface area contributed by atoms with E-state index in [9.17, 15) is 4.79 Å². The smallest absolute Gasteiger partial charge is 0.181 e. The van der Waals surface area contributed by atoms with Gasteiger partial charge in [-0.1, -0.05) is 6.92 Å². The van der Waals surface area contributed by atoms with Crippen molar-refractivity contribution in [3.63, 3.8) is 0 Å². The predicted octanol–water partition coefficient (Wildman–Crippen LogP) is 1.51. The first-order valence-corrected chi connectivity index (χ1v) is 5.99. The zero-order chi connectivity index (χ0) is 12.8. The van der Waals surface area contributed by atoms with E-state index >= 15 is 0 Å². The Balaban J connectivity index is 2.01. The molecule has 0 saturated carbocycles. The first-order chi connectivity index (χ1) is 8.78. The SMILES string of the molecule is CCCNc1cnc(Cn2ccc(=O)cc2)cn1. The third kappa shape index (κ3) is 3.41. The van der Waals surface area contributed by atoms with Crippen LogP contribution in [0.3, 0.4) is 0 Å². The molecule has 0 aromatic carbocycles. The highest BCUT2D eigenvalue weighted by Gasteiger charge is 1.97. The Hall–Kier alpha value is -2.17. The number of pyridine rings is 1. The lowest BCUT2D eigenvalue weighted by Gasteiger charge is -2.06. The summed E-state index contributed by atoms with van der Waals surface area (Å²) in [5, 5.41) is 3.17. The van der Waals surface area contributed by atoms with E-state index in [-0.39, 0.29) is 5.43 Å². The van der Waals surface area contributed by atoms with Crippen LogP contribution >= 0.6 is 0 Å². The summed E-state index contributed by atoms with van der Waals surface area (Å²) in [5.74, 6) is 0.792. The zero-order valence-electron chi connectivity index (χ0n) is 10.3. The summed E-state index contributed by atoms with van der Waals surface area (Å²) >= 11 is 0. The van der Waals surface area contributed by atoms with Crippen LogP contribution in [-0.2, 0) is 6.54 Å². The maximum atomic E-state index is 11.0. The minimum absolute atomic E-state index is 0.0106. The molecule has 0 spiro atoms. The summed E-state index contributed by atoms with van der Waals surface area (Å²) in [7, 11) is 0. The Morgan fingerprint density at radius 3 is 2.61 bits per heavy atom. The molecule has 2 heterocycles. The fourth-order valence-corrected chi connectivity index (χ4v) is 1.52. The third-order valence-corrected chi connectivity index (χ3v) is 2.47. The van der Waals surface area contributed by atoms with Crippen LogP contribution in [0.25, 0.3) is 0 Å². The van der Waals surface area contributed by atoms with Crippen LogP contribution in [0.5, 0.6) is 0 Å². The lowest BCUT2D eigenvalue weighted by molar-refractivity contribution is 0.760. The molecule has 1 N–H and O–H groups in total. The van der Waals surface area contributed by atoms with E-state index in [1.54, 1.807) is 24.8 Å². The average molecular weight is 244 g/mol. The molecule has 5 nitrogen and oxygen atoms in total. The van der Waals surface area contributed by atoms with Crippen molar-refractivity contribution in [2.75, 3.05) is 11.9 Å². The Kier molecular flexibility index (Phi) is 4.06. The first-order valence-electron chi connectivity index (χ1n) is 5.99. The summed E-state index contributed by atoms with van der Waals surface area (Å²) in [6.45, 7) is 3.61. The van der Waals surface area contributed by atoms with Crippen LogP contribution in [0.1, 0.15) is 19.0 Å². The molecular weight excluding hydrogens is 228 g/mol. The molecule has 2 aromatic rings. The maximum absolute atomic E-state index is 11.0. The van der Waals surface area contributed by atoms with E-state index in [0.29, 0.717) is 6.54 Å². The van der Waals surface area contributed by atoms with Crippen LogP contribution in [-0.4, -0.2) is 21.1 Å². The summed E-state index contributed by atoms with van der Waals surface area (Å²) in [6, 6.07) is 3.06. The van der Waals surface area contributed by atoms with Crippen molar-refractivity contribution in [1.82, 2.24) is 14.5 Å². The van der Waals surface area contributed by atoms with Crippen molar-refractivity contribution in [2.24, 2.45) is 0 Å². The molecule has 0 amide bonds. The van der Waals surface area contributed by atoms with Crippen LogP contribution in [0.15, 0.2) is 41.7 Å². The summed E-state index contributed by atoms with van der Waals surface area (Å²) in [4.78, 5) is 19.6. The fourth-order valence-electron chi connectivity index (χ4n) is 1.52. The Morgan fingerprint density at radius 2 is 2.00 bits per heavy atom. The minimum Gasteiger partial charge on any atom is -0.369 e. The number of nitrogens with zero attached hydrogens (tertiary/aromatic N) is 3. The van der Waals surface area contributed by atoms with E-state index in [4.69, 9.17) is 0 Å². The molecule has 0 saturated heterocycles. The van der Waals surface area contributed by atoms with Crippen molar-refractivity contribution in [1.29, 1.82) is 0 Å². The van der Waals surface area contributed by atoms with Gasteiger partial charge >= 0.3 is 0 Å². The van der Waals surface area contributed by atoms with Gasteiger partial charge in [0.1, 0.15) is 5.82 Å². The second-order valence-electron chi connectivity index (χ2n) is 4.03. The van der Waals surface area contributed by atoms with Crippen LogP contribution in [0.2, 0.25) is 0 Å². The number of hydrogen-bond acceptors (Lipinski definition) is 4. The van der Waals surface area contributed by atoms with Crippen molar-refractivity contribution in [3.05, 3.63) is 52.8 Å². The summed E-state index contributed by atoms with van der Waals surface area (Å²) < 4.78 is 1.89. The highest BCUT2D eigenvalue weighted by atomic mass is 16.1. The van der Waals surface area contributed by atoms with Gasteiger partial charge < -0.3 is 9.88 Å². The quantitative estimate of drug-likeness (QED) is 0.866. The number of nitrogens with one attached hydrogen (secondary N) is 1. The number of rotatable bonds is 5. The van der Waals surface area contributed by atoms with Gasteiger partial charge in [0.05, 0.1) is 24.6 Å². The van der Waals surface area contributed by atoms with Crippen LogP contribution < -0.4 is 10.7 Å². The zero-order valence-corrected chi connectivity index (χ0v) is 10.3. The lowest BCUT2D eigenvalue weighted by atomic mass is 10.4. The monoisotopic (exact) mass is 244 g/mol. The van der Waals surface area contributed by atoms with E-state index in [1.165, 1.54) is 12.1 Å². The molecule has 2 aromatic heterocycles. The molecule has 2 rings (SSSR count). The summed E-state index contributed by atoms with van der Waals surface area (Å²) in [5.41, 5.74) is 0.872. The van der Waals surface area contributed by atoms with Gasteiger partial charge in [0.15, 0.2) is 5.43 Å². The second kappa shape index (κ2) is 5.95. The molecule has 0 atom stereocenters. The van der Waals surface area contributed by atoms with Crippen molar-refractivity contribution >= 4 is 5.82 Å². The third-order valence-electron chi connectivity index (χ3n) is 2.47. The molecular formula is C13H16N4O. The largest absolute Gasteiger partial charge is 0.369 e. The highest BCUT2D eigenvalue weighted by Crippen LogP contribution is 2.02. The molecule has 0 aliphatic rings. The van der Waals surface area contributed by atoms with Gasteiger partial charge in [-0.2, -0.15) is 0 Å². The first kappa shape index (κ1) is 12.3. The molecule has 0 aliphatic heterocycles. The van der Waals surface area contributed by atoms with E-state index in [1.807, 2.05) is 4.57 Å². The molecule has 0 aliphatic carbocycles. The van der Waals surface area contributed by atoms with E-state index in [0.717, 1.165) is 24.5 Å². The number of aromatic nitrogens is 3. The lowest BCUT2D eigenvalue weighted by Crippen LogP contribution is -2.07. The fraction of sp³-hybridized carbons (Fsp3) is 0.308. The maximum Gasteiger partial charge on any atom is 0.181 e. The van der Waals surface area contributed by atoms with Gasteiger partial charge in [-0.3, -0.25) is 9.78 Å². The van der Waals surface area contributed by atoms with Gasteiger partial charge in [-0.05, 0) is 6.42 Å². The van der Waals surface area contributed by atoms with Crippen molar-refractivity contribution in [3.8, 4) is 0 Å². The number of anilines is 1. The molecule has 18 heavy (non-hydrogen) atoms.